The molecule has 2 fully saturated rings. The van der Waals surface area contributed by atoms with E-state index in [1.54, 1.807) is 14.2 Å². The van der Waals surface area contributed by atoms with Crippen LogP contribution >= 0.6 is 0 Å². The van der Waals surface area contributed by atoms with E-state index in [9.17, 15) is 9.90 Å². The summed E-state index contributed by atoms with van der Waals surface area (Å²) < 4.78 is 10.9. The highest BCUT2D eigenvalue weighted by Crippen LogP contribution is 2.56. The molecule has 124 valence electrons. The number of carbonyl (C=O) groups excluding carboxylic acids is 1. The molecule has 5 heteroatoms. The molecule has 2 heterocycles. The zero-order valence-electron chi connectivity index (χ0n) is 13.7. The second-order valence-corrected chi connectivity index (χ2v) is 6.85. The molecule has 1 aromatic carbocycles. The summed E-state index contributed by atoms with van der Waals surface area (Å²) >= 11 is 0. The first-order valence-corrected chi connectivity index (χ1v) is 8.35. The lowest BCUT2D eigenvalue weighted by Crippen LogP contribution is -2.54. The van der Waals surface area contributed by atoms with Crippen molar-refractivity contribution in [1.82, 2.24) is 4.90 Å². The molecular weight excluding hydrogens is 294 g/mol. The Bertz CT molecular complexity index is 659. The largest absolute Gasteiger partial charge is 0.493 e. The summed E-state index contributed by atoms with van der Waals surface area (Å²) in [5.74, 6) is 1.59. The molecule has 1 aromatic rings. The third-order valence-electron chi connectivity index (χ3n) is 5.99. The Morgan fingerprint density at radius 3 is 2.74 bits per heavy atom. The van der Waals surface area contributed by atoms with Crippen LogP contribution in [0.15, 0.2) is 12.1 Å². The van der Waals surface area contributed by atoms with Gasteiger partial charge < -0.3 is 19.5 Å². The highest BCUT2D eigenvalue weighted by molar-refractivity contribution is 5.82. The lowest BCUT2D eigenvalue weighted by Gasteiger charge is -2.50. The van der Waals surface area contributed by atoms with E-state index in [-0.39, 0.29) is 17.4 Å². The van der Waals surface area contributed by atoms with Gasteiger partial charge in [0.2, 0.25) is 5.91 Å². The average Bonchev–Trinajstić information content (AvgIpc) is 2.88. The van der Waals surface area contributed by atoms with E-state index in [1.807, 2.05) is 17.0 Å². The molecule has 0 bridgehead atoms. The van der Waals surface area contributed by atoms with Gasteiger partial charge in [-0.15, -0.1) is 0 Å². The number of methoxy groups -OCH3 is 2. The highest BCUT2D eigenvalue weighted by atomic mass is 16.5. The fraction of sp³-hybridized carbons (Fsp3) is 0.611. The van der Waals surface area contributed by atoms with Crippen molar-refractivity contribution < 1.29 is 19.4 Å². The molecule has 1 amide bonds. The van der Waals surface area contributed by atoms with Crippen LogP contribution in [-0.2, 0) is 16.8 Å². The van der Waals surface area contributed by atoms with Crippen LogP contribution < -0.4 is 9.47 Å². The normalized spacial score (nSPS) is 32.1. The lowest BCUT2D eigenvalue weighted by molar-refractivity contribution is -0.133. The molecule has 1 saturated carbocycles. The number of hydrogen-bond donors (Lipinski definition) is 1. The number of ether oxygens (including phenoxy) is 2. The lowest BCUT2D eigenvalue weighted by atomic mass is 9.65. The number of nitrogens with zero attached hydrogens (tertiary/aromatic N) is 1. The van der Waals surface area contributed by atoms with Gasteiger partial charge in [-0.1, -0.05) is 0 Å². The number of fused-ring (bicyclic) bond motifs is 1. The zero-order valence-corrected chi connectivity index (χ0v) is 13.7. The summed E-state index contributed by atoms with van der Waals surface area (Å²) in [6.45, 7) is 0.727. The van der Waals surface area contributed by atoms with Gasteiger partial charge in [0.05, 0.1) is 25.9 Å². The van der Waals surface area contributed by atoms with Crippen molar-refractivity contribution in [3.8, 4) is 11.5 Å². The SMILES string of the molecule is COc1cc2c(cc1OC)[C@]13CCCC(O)[C@H]1CC(=O)N3CC2. The summed E-state index contributed by atoms with van der Waals surface area (Å²) in [5, 5.41) is 10.5. The summed E-state index contributed by atoms with van der Waals surface area (Å²) in [5.41, 5.74) is 2.01. The predicted molar refractivity (Wildman–Crippen MR) is 84.6 cm³/mol. The first kappa shape index (κ1) is 14.8. The maximum Gasteiger partial charge on any atom is 0.223 e. The van der Waals surface area contributed by atoms with Gasteiger partial charge in [-0.2, -0.15) is 0 Å². The molecule has 1 aliphatic carbocycles. The molecular formula is C18H23NO4. The van der Waals surface area contributed by atoms with Crippen molar-refractivity contribution >= 4 is 5.91 Å². The maximum atomic E-state index is 12.6. The van der Waals surface area contributed by atoms with E-state index in [2.05, 4.69) is 0 Å². The number of carbonyl (C=O) groups is 1. The standard InChI is InChI=1S/C18H23NO4/c1-22-15-8-11-5-7-19-17(21)10-13-14(20)4-3-6-18(13,19)12(11)9-16(15)23-2/h8-9,13-14,20H,3-7,10H2,1-2H3/t13-,14?,18-/m1/s1. The van der Waals surface area contributed by atoms with Crippen LogP contribution in [0.2, 0.25) is 0 Å². The van der Waals surface area contributed by atoms with Crippen LogP contribution in [0.1, 0.15) is 36.8 Å². The van der Waals surface area contributed by atoms with E-state index >= 15 is 0 Å². The molecule has 2 aliphatic heterocycles. The summed E-state index contributed by atoms with van der Waals surface area (Å²) in [7, 11) is 3.28. The van der Waals surface area contributed by atoms with Gasteiger partial charge in [0.1, 0.15) is 0 Å². The number of aliphatic hydroxyl groups excluding tert-OH is 1. The van der Waals surface area contributed by atoms with Gasteiger partial charge >= 0.3 is 0 Å². The third kappa shape index (κ3) is 1.86. The Labute approximate surface area is 136 Å². The number of amides is 1. The highest BCUT2D eigenvalue weighted by Gasteiger charge is 2.59. The van der Waals surface area contributed by atoms with E-state index in [1.165, 1.54) is 5.56 Å². The minimum Gasteiger partial charge on any atom is -0.493 e. The Morgan fingerprint density at radius 2 is 2.00 bits per heavy atom. The van der Waals surface area contributed by atoms with Crippen LogP contribution in [0.25, 0.3) is 0 Å². The molecule has 1 unspecified atom stereocenters. The number of hydrogen-bond acceptors (Lipinski definition) is 4. The van der Waals surface area contributed by atoms with Gasteiger partial charge in [0.15, 0.2) is 11.5 Å². The average molecular weight is 317 g/mol. The number of aliphatic hydroxyl groups is 1. The first-order valence-electron chi connectivity index (χ1n) is 8.35. The molecule has 3 atom stereocenters. The summed E-state index contributed by atoms with van der Waals surface area (Å²) in [6, 6.07) is 4.07. The smallest absolute Gasteiger partial charge is 0.223 e. The van der Waals surface area contributed by atoms with Crippen molar-refractivity contribution in [2.75, 3.05) is 20.8 Å². The van der Waals surface area contributed by atoms with Crippen LogP contribution in [0.5, 0.6) is 11.5 Å². The molecule has 1 N–H and O–H groups in total. The van der Waals surface area contributed by atoms with E-state index in [0.29, 0.717) is 12.2 Å². The summed E-state index contributed by atoms with van der Waals surface area (Å²) in [4.78, 5) is 14.6. The fourth-order valence-corrected chi connectivity index (χ4v) is 5.01. The van der Waals surface area contributed by atoms with Crippen molar-refractivity contribution in [2.45, 2.75) is 43.7 Å². The molecule has 1 spiro atoms. The number of benzene rings is 1. The molecule has 5 nitrogen and oxygen atoms in total. The maximum absolute atomic E-state index is 12.6. The van der Waals surface area contributed by atoms with Crippen LogP contribution in [0.4, 0.5) is 0 Å². The molecule has 1 saturated heterocycles. The van der Waals surface area contributed by atoms with E-state index in [4.69, 9.17) is 9.47 Å². The Hall–Kier alpha value is -1.75. The van der Waals surface area contributed by atoms with Crippen molar-refractivity contribution in [3.63, 3.8) is 0 Å². The topological polar surface area (TPSA) is 59.0 Å². The minimum absolute atomic E-state index is 0.0131. The van der Waals surface area contributed by atoms with E-state index in [0.717, 1.165) is 43.5 Å². The zero-order chi connectivity index (χ0) is 16.2. The second kappa shape index (κ2) is 5.13. The first-order chi connectivity index (χ1) is 11.1. The van der Waals surface area contributed by atoms with Crippen LogP contribution in [0, 0.1) is 5.92 Å². The quantitative estimate of drug-likeness (QED) is 0.904. The van der Waals surface area contributed by atoms with Crippen LogP contribution in [-0.4, -0.2) is 42.8 Å². The van der Waals surface area contributed by atoms with Gasteiger partial charge in [-0.3, -0.25) is 4.79 Å². The predicted octanol–water partition coefficient (Wildman–Crippen LogP) is 1.85. The summed E-state index contributed by atoms with van der Waals surface area (Å²) in [6.07, 6.45) is 3.52. The molecule has 23 heavy (non-hydrogen) atoms. The Balaban J connectivity index is 1.92. The monoisotopic (exact) mass is 317 g/mol. The number of rotatable bonds is 2. The third-order valence-corrected chi connectivity index (χ3v) is 5.99. The minimum atomic E-state index is -0.406. The second-order valence-electron chi connectivity index (χ2n) is 6.85. The fourth-order valence-electron chi connectivity index (χ4n) is 5.01. The Morgan fingerprint density at radius 1 is 1.26 bits per heavy atom. The van der Waals surface area contributed by atoms with Crippen molar-refractivity contribution in [1.29, 1.82) is 0 Å². The van der Waals surface area contributed by atoms with Gasteiger partial charge in [0, 0.05) is 18.9 Å². The van der Waals surface area contributed by atoms with E-state index < -0.39 is 6.10 Å². The molecule has 4 rings (SSSR count). The molecule has 0 aromatic heterocycles. The molecule has 0 radical (unpaired) electrons. The Kier molecular flexibility index (Phi) is 3.30. The van der Waals surface area contributed by atoms with Crippen molar-refractivity contribution in [2.24, 2.45) is 5.92 Å². The van der Waals surface area contributed by atoms with Gasteiger partial charge in [-0.05, 0) is 48.9 Å². The van der Waals surface area contributed by atoms with Gasteiger partial charge in [-0.25, -0.2) is 0 Å². The van der Waals surface area contributed by atoms with Gasteiger partial charge in [0.25, 0.3) is 0 Å². The van der Waals surface area contributed by atoms with Crippen molar-refractivity contribution in [3.05, 3.63) is 23.3 Å². The van der Waals surface area contributed by atoms with Crippen LogP contribution in [0.3, 0.4) is 0 Å². The molecule has 3 aliphatic rings.